The third kappa shape index (κ3) is 4.15. The molecule has 0 amide bonds. The van der Waals surface area contributed by atoms with Crippen LogP contribution in [0.15, 0.2) is 24.3 Å². The summed E-state index contributed by atoms with van der Waals surface area (Å²) >= 11 is 0. The Hall–Kier alpha value is -1.23. The molecule has 3 rings (SSSR count). The summed E-state index contributed by atoms with van der Waals surface area (Å²) in [7, 11) is 0. The summed E-state index contributed by atoms with van der Waals surface area (Å²) in [6, 6.07) is 8.58. The standard InChI is InChI=1S/C12H17NO.C6H10O2/c1-9(2)12-11-6-4-3-5-10(11)7-8-13(12)14;1-5-2-6(3-7)4-8-5/h3-6,9,12,14H,7-8H2,1-2H3;3,5-6H,2,4H2,1H3/t12-;5-,6?/m00/s1. The summed E-state index contributed by atoms with van der Waals surface area (Å²) in [4.78, 5) is 10.1. The quantitative estimate of drug-likeness (QED) is 0.852. The van der Waals surface area contributed by atoms with Gasteiger partial charge in [0, 0.05) is 12.5 Å². The maximum absolute atomic E-state index is 10.1. The van der Waals surface area contributed by atoms with Crippen molar-refractivity contribution in [2.75, 3.05) is 13.2 Å². The third-order valence-electron chi connectivity index (χ3n) is 4.36. The van der Waals surface area contributed by atoms with E-state index in [1.807, 2.05) is 13.0 Å². The van der Waals surface area contributed by atoms with Gasteiger partial charge in [-0.25, -0.2) is 0 Å². The summed E-state index contributed by atoms with van der Waals surface area (Å²) in [6.45, 7) is 7.67. The average molecular weight is 305 g/mol. The number of aldehydes is 1. The second kappa shape index (κ2) is 7.86. The number of hydrogen-bond acceptors (Lipinski definition) is 4. The fourth-order valence-corrected chi connectivity index (χ4v) is 3.23. The SMILES string of the molecule is CC(C)[C@H]1c2ccccc2CCN1O.C[C@H]1CC(C=O)CO1. The van der Waals surface area contributed by atoms with Crippen LogP contribution in [0, 0.1) is 11.8 Å². The van der Waals surface area contributed by atoms with Gasteiger partial charge in [0.05, 0.1) is 18.8 Å². The lowest BCUT2D eigenvalue weighted by Gasteiger charge is -2.35. The maximum atomic E-state index is 10.1. The highest BCUT2D eigenvalue weighted by Crippen LogP contribution is 2.33. The topological polar surface area (TPSA) is 49.8 Å². The van der Waals surface area contributed by atoms with Gasteiger partial charge in [-0.3, -0.25) is 0 Å². The van der Waals surface area contributed by atoms with E-state index < -0.39 is 0 Å². The van der Waals surface area contributed by atoms with E-state index in [1.54, 1.807) is 0 Å². The minimum absolute atomic E-state index is 0.167. The Balaban J connectivity index is 0.000000188. The van der Waals surface area contributed by atoms with Crippen molar-refractivity contribution in [1.82, 2.24) is 5.06 Å². The molecule has 122 valence electrons. The van der Waals surface area contributed by atoms with Crippen molar-refractivity contribution in [3.8, 4) is 0 Å². The Labute approximate surface area is 133 Å². The summed E-state index contributed by atoms with van der Waals surface area (Å²) in [6.07, 6.45) is 3.13. The molecule has 0 aliphatic carbocycles. The second-order valence-corrected chi connectivity index (χ2v) is 6.58. The Bertz CT molecular complexity index is 489. The number of hydroxylamine groups is 2. The van der Waals surface area contributed by atoms with Crippen molar-refractivity contribution >= 4 is 6.29 Å². The molecule has 0 aromatic heterocycles. The van der Waals surface area contributed by atoms with E-state index in [0.717, 1.165) is 25.7 Å². The molecule has 4 heteroatoms. The van der Waals surface area contributed by atoms with E-state index in [-0.39, 0.29) is 12.0 Å². The molecule has 22 heavy (non-hydrogen) atoms. The molecule has 1 saturated heterocycles. The number of rotatable bonds is 2. The van der Waals surface area contributed by atoms with Gasteiger partial charge < -0.3 is 14.7 Å². The zero-order valence-corrected chi connectivity index (χ0v) is 13.7. The van der Waals surface area contributed by atoms with Crippen LogP contribution in [-0.2, 0) is 16.0 Å². The molecule has 2 aliphatic rings. The smallest absolute Gasteiger partial charge is 0.125 e. The van der Waals surface area contributed by atoms with Gasteiger partial charge >= 0.3 is 0 Å². The number of hydrogen-bond donors (Lipinski definition) is 1. The van der Waals surface area contributed by atoms with Crippen molar-refractivity contribution in [2.24, 2.45) is 11.8 Å². The van der Waals surface area contributed by atoms with Gasteiger partial charge in [0.15, 0.2) is 0 Å². The summed E-state index contributed by atoms with van der Waals surface area (Å²) in [5, 5.41) is 11.3. The van der Waals surface area contributed by atoms with E-state index in [9.17, 15) is 10.0 Å². The first-order valence-electron chi connectivity index (χ1n) is 8.13. The fraction of sp³-hybridized carbons (Fsp3) is 0.611. The Morgan fingerprint density at radius 2 is 2.09 bits per heavy atom. The van der Waals surface area contributed by atoms with Crippen LogP contribution in [0.2, 0.25) is 0 Å². The van der Waals surface area contributed by atoms with E-state index in [0.29, 0.717) is 18.6 Å². The van der Waals surface area contributed by atoms with Gasteiger partial charge in [0.1, 0.15) is 6.29 Å². The lowest BCUT2D eigenvalue weighted by molar-refractivity contribution is -0.145. The highest BCUT2D eigenvalue weighted by atomic mass is 16.5. The second-order valence-electron chi connectivity index (χ2n) is 6.58. The number of benzene rings is 1. The summed E-state index contributed by atoms with van der Waals surface area (Å²) < 4.78 is 5.13. The molecule has 1 aromatic rings. The third-order valence-corrected chi connectivity index (χ3v) is 4.36. The molecule has 1 aromatic carbocycles. The number of nitrogens with zero attached hydrogens (tertiary/aromatic N) is 1. The molecule has 1 unspecified atom stereocenters. The maximum Gasteiger partial charge on any atom is 0.125 e. The lowest BCUT2D eigenvalue weighted by Crippen LogP contribution is -2.35. The zero-order valence-electron chi connectivity index (χ0n) is 13.7. The van der Waals surface area contributed by atoms with Gasteiger partial charge in [0.25, 0.3) is 0 Å². The lowest BCUT2D eigenvalue weighted by atomic mass is 9.88. The van der Waals surface area contributed by atoms with Crippen LogP contribution in [0.3, 0.4) is 0 Å². The van der Waals surface area contributed by atoms with Crippen molar-refractivity contribution in [3.05, 3.63) is 35.4 Å². The molecule has 3 atom stereocenters. The van der Waals surface area contributed by atoms with Crippen LogP contribution < -0.4 is 0 Å². The van der Waals surface area contributed by atoms with Crippen LogP contribution in [0.25, 0.3) is 0 Å². The first kappa shape index (κ1) is 17.1. The fourth-order valence-electron chi connectivity index (χ4n) is 3.23. The monoisotopic (exact) mass is 305 g/mol. The van der Waals surface area contributed by atoms with Gasteiger partial charge in [-0.2, -0.15) is 5.06 Å². The van der Waals surface area contributed by atoms with Crippen molar-refractivity contribution in [3.63, 3.8) is 0 Å². The van der Waals surface area contributed by atoms with E-state index >= 15 is 0 Å². The first-order chi connectivity index (χ1) is 10.5. The van der Waals surface area contributed by atoms with Crippen molar-refractivity contribution < 1.29 is 14.7 Å². The van der Waals surface area contributed by atoms with Crippen molar-refractivity contribution in [2.45, 2.75) is 45.8 Å². The Kier molecular flexibility index (Phi) is 6.12. The summed E-state index contributed by atoms with van der Waals surface area (Å²) in [5.74, 6) is 0.617. The van der Waals surface area contributed by atoms with Crippen LogP contribution in [-0.4, -0.2) is 35.8 Å². The van der Waals surface area contributed by atoms with Gasteiger partial charge in [-0.05, 0) is 36.8 Å². The number of ether oxygens (including phenoxy) is 1. The largest absolute Gasteiger partial charge is 0.378 e. The molecule has 0 spiro atoms. The van der Waals surface area contributed by atoms with E-state index in [2.05, 4.69) is 32.0 Å². The molecule has 1 N–H and O–H groups in total. The zero-order chi connectivity index (χ0) is 16.1. The Morgan fingerprint density at radius 3 is 2.64 bits per heavy atom. The molecule has 1 fully saturated rings. The predicted octanol–water partition coefficient (Wildman–Crippen LogP) is 3.24. The molecule has 2 aliphatic heterocycles. The molecule has 0 radical (unpaired) electrons. The van der Waals surface area contributed by atoms with Crippen LogP contribution >= 0.6 is 0 Å². The molecular formula is C18H27NO3. The first-order valence-corrected chi connectivity index (χ1v) is 8.13. The van der Waals surface area contributed by atoms with Gasteiger partial charge in [-0.15, -0.1) is 0 Å². The van der Waals surface area contributed by atoms with Crippen molar-refractivity contribution in [1.29, 1.82) is 0 Å². The molecular weight excluding hydrogens is 278 g/mol. The van der Waals surface area contributed by atoms with E-state index in [1.165, 1.54) is 16.2 Å². The van der Waals surface area contributed by atoms with Crippen LogP contribution in [0.4, 0.5) is 0 Å². The highest BCUT2D eigenvalue weighted by molar-refractivity contribution is 5.54. The number of fused-ring (bicyclic) bond motifs is 1. The number of carbonyl (C=O) groups excluding carboxylic acids is 1. The van der Waals surface area contributed by atoms with Crippen LogP contribution in [0.5, 0.6) is 0 Å². The van der Waals surface area contributed by atoms with Gasteiger partial charge in [0.2, 0.25) is 0 Å². The normalized spacial score (nSPS) is 28.0. The molecule has 0 saturated carbocycles. The summed E-state index contributed by atoms with van der Waals surface area (Å²) in [5.41, 5.74) is 2.67. The van der Waals surface area contributed by atoms with Crippen LogP contribution in [0.1, 0.15) is 44.4 Å². The Morgan fingerprint density at radius 1 is 1.36 bits per heavy atom. The minimum atomic E-state index is 0.167. The van der Waals surface area contributed by atoms with Gasteiger partial charge in [-0.1, -0.05) is 38.1 Å². The average Bonchev–Trinajstić information content (AvgIpc) is 2.93. The molecule has 0 bridgehead atoms. The molecule has 4 nitrogen and oxygen atoms in total. The predicted molar refractivity (Wildman–Crippen MR) is 85.8 cm³/mol. The number of carbonyl (C=O) groups is 1. The molecule has 2 heterocycles. The van der Waals surface area contributed by atoms with E-state index in [4.69, 9.17) is 4.74 Å². The minimum Gasteiger partial charge on any atom is -0.378 e. The highest BCUT2D eigenvalue weighted by Gasteiger charge is 2.28.